The Kier molecular flexibility index (Phi) is 4.18. The lowest BCUT2D eigenvalue weighted by molar-refractivity contribution is 0.0690. The van der Waals surface area contributed by atoms with Gasteiger partial charge in [-0.15, -0.1) is 0 Å². The summed E-state index contributed by atoms with van der Waals surface area (Å²) in [6.07, 6.45) is 3.84. The van der Waals surface area contributed by atoms with E-state index >= 15 is 0 Å². The van der Waals surface area contributed by atoms with Crippen LogP contribution in [0.15, 0.2) is 42.7 Å². The van der Waals surface area contributed by atoms with Crippen molar-refractivity contribution >= 4 is 11.8 Å². The van der Waals surface area contributed by atoms with Gasteiger partial charge in [-0.2, -0.15) is 0 Å². The highest BCUT2D eigenvalue weighted by Crippen LogP contribution is 2.22. The van der Waals surface area contributed by atoms with E-state index in [1.165, 1.54) is 12.4 Å². The molecule has 1 fully saturated rings. The van der Waals surface area contributed by atoms with Gasteiger partial charge in [-0.1, -0.05) is 18.2 Å². The quantitative estimate of drug-likeness (QED) is 0.911. The Balaban J connectivity index is 1.54. The third kappa shape index (κ3) is 3.33. The van der Waals surface area contributed by atoms with Crippen molar-refractivity contribution in [3.63, 3.8) is 0 Å². The zero-order valence-corrected chi connectivity index (χ0v) is 12.1. The molecule has 6 nitrogen and oxygen atoms in total. The first-order chi connectivity index (χ1) is 10.7. The molecule has 1 N–H and O–H groups in total. The Bertz CT molecular complexity index is 631. The average Bonchev–Trinajstić information content (AvgIpc) is 3.03. The van der Waals surface area contributed by atoms with E-state index in [1.807, 2.05) is 30.3 Å². The van der Waals surface area contributed by atoms with E-state index in [0.717, 1.165) is 25.3 Å². The number of nitrogens with zero attached hydrogens (tertiary/aromatic N) is 3. The van der Waals surface area contributed by atoms with E-state index in [9.17, 15) is 4.79 Å². The van der Waals surface area contributed by atoms with Crippen molar-refractivity contribution in [2.24, 2.45) is 5.92 Å². The first-order valence-electron chi connectivity index (χ1n) is 7.20. The predicted molar refractivity (Wildman–Crippen MR) is 81.2 cm³/mol. The molecule has 1 aromatic heterocycles. The summed E-state index contributed by atoms with van der Waals surface area (Å²) in [6, 6.07) is 9.76. The number of hydrogen-bond acceptors (Lipinski definition) is 5. The summed E-state index contributed by atoms with van der Waals surface area (Å²) in [5.41, 5.74) is -0.0353. The Hall–Kier alpha value is -2.63. The Morgan fingerprint density at radius 2 is 2.09 bits per heavy atom. The van der Waals surface area contributed by atoms with Gasteiger partial charge in [0.05, 0.1) is 19.0 Å². The number of para-hydroxylation sites is 1. The van der Waals surface area contributed by atoms with Gasteiger partial charge in [0.1, 0.15) is 11.6 Å². The highest BCUT2D eigenvalue weighted by atomic mass is 16.5. The molecule has 22 heavy (non-hydrogen) atoms. The molecule has 0 aliphatic carbocycles. The number of rotatable bonds is 5. The predicted octanol–water partition coefficient (Wildman–Crippen LogP) is 2.08. The second kappa shape index (κ2) is 6.43. The van der Waals surface area contributed by atoms with Crippen LogP contribution in [-0.2, 0) is 0 Å². The van der Waals surface area contributed by atoms with Crippen LogP contribution in [0.25, 0.3) is 0 Å². The van der Waals surface area contributed by atoms with E-state index in [-0.39, 0.29) is 5.69 Å². The van der Waals surface area contributed by atoms with Gasteiger partial charge < -0.3 is 14.7 Å². The van der Waals surface area contributed by atoms with Gasteiger partial charge in [-0.05, 0) is 18.6 Å². The molecule has 1 unspecified atom stereocenters. The van der Waals surface area contributed by atoms with Crippen LogP contribution in [-0.4, -0.2) is 40.7 Å². The number of carboxylic acid groups (broad SMARTS) is 1. The van der Waals surface area contributed by atoms with Crippen LogP contribution in [0, 0.1) is 5.92 Å². The molecule has 0 saturated carbocycles. The number of aromatic nitrogens is 2. The van der Waals surface area contributed by atoms with Crippen molar-refractivity contribution in [1.82, 2.24) is 9.97 Å². The highest BCUT2D eigenvalue weighted by molar-refractivity contribution is 5.84. The van der Waals surface area contributed by atoms with Gasteiger partial charge in [-0.3, -0.25) is 0 Å². The van der Waals surface area contributed by atoms with Crippen molar-refractivity contribution in [2.75, 3.05) is 24.6 Å². The largest absolute Gasteiger partial charge is 0.493 e. The molecule has 1 saturated heterocycles. The summed E-state index contributed by atoms with van der Waals surface area (Å²) in [6.45, 7) is 2.39. The minimum atomic E-state index is -1.06. The standard InChI is InChI=1S/C16H17N3O3/c20-16(21)14-8-18-15(9-17-14)19-7-6-12(10-19)11-22-13-4-2-1-3-5-13/h1-5,8-9,12H,6-7,10-11H2,(H,20,21). The molecule has 0 bridgehead atoms. The SMILES string of the molecule is O=C(O)c1cnc(N2CCC(COc3ccccc3)C2)cn1. The van der Waals surface area contributed by atoms with E-state index in [4.69, 9.17) is 9.84 Å². The van der Waals surface area contributed by atoms with Crippen LogP contribution in [0.4, 0.5) is 5.82 Å². The van der Waals surface area contributed by atoms with Crippen molar-refractivity contribution in [1.29, 1.82) is 0 Å². The van der Waals surface area contributed by atoms with E-state index < -0.39 is 5.97 Å². The maximum Gasteiger partial charge on any atom is 0.356 e. The molecule has 2 heterocycles. The second-order valence-corrected chi connectivity index (χ2v) is 5.29. The number of carbonyl (C=O) groups is 1. The molecule has 1 atom stereocenters. The minimum Gasteiger partial charge on any atom is -0.493 e. The molecule has 1 aliphatic rings. The number of benzene rings is 1. The molecule has 0 spiro atoms. The normalized spacial score (nSPS) is 17.5. The van der Waals surface area contributed by atoms with Crippen molar-refractivity contribution in [2.45, 2.75) is 6.42 Å². The van der Waals surface area contributed by atoms with Gasteiger partial charge in [0.25, 0.3) is 0 Å². The molecule has 1 aromatic carbocycles. The summed E-state index contributed by atoms with van der Waals surface area (Å²) in [4.78, 5) is 21.0. The van der Waals surface area contributed by atoms with Gasteiger partial charge in [0.15, 0.2) is 5.69 Å². The van der Waals surface area contributed by atoms with Crippen molar-refractivity contribution < 1.29 is 14.6 Å². The zero-order chi connectivity index (χ0) is 15.4. The summed E-state index contributed by atoms with van der Waals surface area (Å²) in [7, 11) is 0. The minimum absolute atomic E-state index is 0.0353. The number of aromatic carboxylic acids is 1. The van der Waals surface area contributed by atoms with E-state index in [2.05, 4.69) is 14.9 Å². The Morgan fingerprint density at radius 3 is 2.77 bits per heavy atom. The first-order valence-corrected chi connectivity index (χ1v) is 7.20. The van der Waals surface area contributed by atoms with Crippen LogP contribution >= 0.6 is 0 Å². The summed E-state index contributed by atoms with van der Waals surface area (Å²) >= 11 is 0. The smallest absolute Gasteiger partial charge is 0.356 e. The lowest BCUT2D eigenvalue weighted by Gasteiger charge is -2.17. The van der Waals surface area contributed by atoms with Crippen molar-refractivity contribution in [3.8, 4) is 5.75 Å². The lowest BCUT2D eigenvalue weighted by atomic mass is 10.1. The summed E-state index contributed by atoms with van der Waals surface area (Å²) < 4.78 is 5.78. The van der Waals surface area contributed by atoms with Crippen LogP contribution in [0.1, 0.15) is 16.9 Å². The van der Waals surface area contributed by atoms with Gasteiger partial charge >= 0.3 is 5.97 Å². The molecule has 114 valence electrons. The fourth-order valence-corrected chi connectivity index (χ4v) is 2.50. The maximum absolute atomic E-state index is 10.8. The number of carboxylic acids is 1. The Labute approximate surface area is 128 Å². The summed E-state index contributed by atoms with van der Waals surface area (Å²) in [5, 5.41) is 8.83. The van der Waals surface area contributed by atoms with Crippen LogP contribution < -0.4 is 9.64 Å². The Morgan fingerprint density at radius 1 is 1.27 bits per heavy atom. The molecule has 6 heteroatoms. The van der Waals surface area contributed by atoms with Crippen LogP contribution in [0.5, 0.6) is 5.75 Å². The number of hydrogen-bond donors (Lipinski definition) is 1. The third-order valence-corrected chi connectivity index (χ3v) is 3.70. The van der Waals surface area contributed by atoms with E-state index in [1.54, 1.807) is 0 Å². The molecule has 2 aromatic rings. The fourth-order valence-electron chi connectivity index (χ4n) is 2.50. The third-order valence-electron chi connectivity index (χ3n) is 3.70. The average molecular weight is 299 g/mol. The second-order valence-electron chi connectivity index (χ2n) is 5.29. The van der Waals surface area contributed by atoms with Gasteiger partial charge in [0.2, 0.25) is 0 Å². The molecule has 3 rings (SSSR count). The van der Waals surface area contributed by atoms with Gasteiger partial charge in [0, 0.05) is 19.0 Å². The number of ether oxygens (including phenoxy) is 1. The molecule has 0 radical (unpaired) electrons. The molecule has 0 amide bonds. The highest BCUT2D eigenvalue weighted by Gasteiger charge is 2.24. The van der Waals surface area contributed by atoms with Crippen LogP contribution in [0.3, 0.4) is 0 Å². The maximum atomic E-state index is 10.8. The molecule has 1 aliphatic heterocycles. The topological polar surface area (TPSA) is 75.5 Å². The molecular weight excluding hydrogens is 282 g/mol. The lowest BCUT2D eigenvalue weighted by Crippen LogP contribution is -2.23. The first kappa shape index (κ1) is 14.3. The summed E-state index contributed by atoms with van der Waals surface area (Å²) in [5.74, 6) is 0.967. The number of anilines is 1. The van der Waals surface area contributed by atoms with Crippen LogP contribution in [0.2, 0.25) is 0 Å². The monoisotopic (exact) mass is 299 g/mol. The van der Waals surface area contributed by atoms with Crippen molar-refractivity contribution in [3.05, 3.63) is 48.4 Å². The zero-order valence-electron chi connectivity index (χ0n) is 12.1. The molecular formula is C16H17N3O3. The van der Waals surface area contributed by atoms with Gasteiger partial charge in [-0.25, -0.2) is 14.8 Å². The van der Waals surface area contributed by atoms with E-state index in [0.29, 0.717) is 18.3 Å². The fraction of sp³-hybridized carbons (Fsp3) is 0.312.